The predicted octanol–water partition coefficient (Wildman–Crippen LogP) is 4.91. The molecule has 192 valence electrons. The van der Waals surface area contributed by atoms with Crippen molar-refractivity contribution in [2.45, 2.75) is 19.6 Å². The van der Waals surface area contributed by atoms with E-state index in [1.807, 2.05) is 60.7 Å². The average molecular weight is 512 g/mol. The number of pyridine rings is 1. The lowest BCUT2D eigenvalue weighted by atomic mass is 10.1. The van der Waals surface area contributed by atoms with E-state index in [0.29, 0.717) is 36.0 Å². The minimum atomic E-state index is -1.23. The molecule has 0 fully saturated rings. The largest absolute Gasteiger partial charge is 0.489 e. The van der Waals surface area contributed by atoms with Crippen LogP contribution in [0, 0.1) is 0 Å². The van der Waals surface area contributed by atoms with Crippen LogP contribution in [0.2, 0.25) is 0 Å². The number of carboxylic acids is 1. The Bertz CT molecular complexity index is 1330. The third kappa shape index (κ3) is 7.92. The van der Waals surface area contributed by atoms with Crippen molar-refractivity contribution >= 4 is 29.3 Å². The standard InChI is InChI=1S/C29H25N3O6/c33-27(16-28(34)35)31-23-11-12-26(30-17-23)32-29(36)22-13-24(37-18-20-7-3-1-4-8-20)15-25(14-22)38-19-21-9-5-2-6-10-21/h1-15,17H,16,18-19H2,(H,31,33)(H,34,35)(H,30,32,36). The second-order valence-corrected chi connectivity index (χ2v) is 8.25. The molecule has 0 aliphatic carbocycles. The number of carbonyl (C=O) groups excluding carboxylic acids is 2. The predicted molar refractivity (Wildman–Crippen MR) is 141 cm³/mol. The van der Waals surface area contributed by atoms with Gasteiger partial charge in [0.15, 0.2) is 0 Å². The number of carbonyl (C=O) groups is 3. The molecule has 1 aromatic heterocycles. The summed E-state index contributed by atoms with van der Waals surface area (Å²) in [4.78, 5) is 39.4. The van der Waals surface area contributed by atoms with Crippen molar-refractivity contribution in [3.63, 3.8) is 0 Å². The van der Waals surface area contributed by atoms with E-state index >= 15 is 0 Å². The molecule has 1 heterocycles. The number of ether oxygens (including phenoxy) is 2. The molecule has 0 spiro atoms. The molecule has 4 rings (SSSR count). The fourth-order valence-electron chi connectivity index (χ4n) is 3.42. The van der Waals surface area contributed by atoms with Gasteiger partial charge in [0.1, 0.15) is 37.0 Å². The van der Waals surface area contributed by atoms with Gasteiger partial charge in [0.25, 0.3) is 5.91 Å². The lowest BCUT2D eigenvalue weighted by Crippen LogP contribution is -2.16. The molecule has 0 saturated carbocycles. The minimum Gasteiger partial charge on any atom is -0.489 e. The number of hydrogen-bond donors (Lipinski definition) is 3. The molecule has 9 nitrogen and oxygen atoms in total. The summed E-state index contributed by atoms with van der Waals surface area (Å²) in [5.41, 5.74) is 2.57. The molecule has 9 heteroatoms. The lowest BCUT2D eigenvalue weighted by Gasteiger charge is -2.13. The first-order valence-electron chi connectivity index (χ1n) is 11.7. The van der Waals surface area contributed by atoms with E-state index in [9.17, 15) is 14.4 Å². The Morgan fingerprint density at radius 2 is 1.32 bits per heavy atom. The Hall–Kier alpha value is -5.18. The van der Waals surface area contributed by atoms with Gasteiger partial charge in [0, 0.05) is 11.6 Å². The maximum absolute atomic E-state index is 13.1. The fraction of sp³-hybridized carbons (Fsp3) is 0.103. The number of nitrogens with zero attached hydrogens (tertiary/aromatic N) is 1. The van der Waals surface area contributed by atoms with Crippen LogP contribution in [0.25, 0.3) is 0 Å². The zero-order chi connectivity index (χ0) is 26.7. The Balaban J connectivity index is 1.47. The zero-order valence-corrected chi connectivity index (χ0v) is 20.3. The van der Waals surface area contributed by atoms with Crippen molar-refractivity contribution in [3.05, 3.63) is 114 Å². The lowest BCUT2D eigenvalue weighted by molar-refractivity contribution is -0.139. The van der Waals surface area contributed by atoms with Crippen molar-refractivity contribution in [3.8, 4) is 11.5 Å². The number of anilines is 2. The molecule has 0 aliphatic rings. The first-order valence-corrected chi connectivity index (χ1v) is 11.7. The summed E-state index contributed by atoms with van der Waals surface area (Å²) in [6.07, 6.45) is 0.666. The van der Waals surface area contributed by atoms with Gasteiger partial charge in [-0.3, -0.25) is 14.4 Å². The number of rotatable bonds is 11. The molecular formula is C29H25N3O6. The van der Waals surface area contributed by atoms with Gasteiger partial charge in [0.2, 0.25) is 5.91 Å². The summed E-state index contributed by atoms with van der Waals surface area (Å²) in [5, 5.41) is 13.8. The molecule has 0 atom stereocenters. The summed E-state index contributed by atoms with van der Waals surface area (Å²) < 4.78 is 11.9. The Morgan fingerprint density at radius 3 is 1.82 bits per heavy atom. The van der Waals surface area contributed by atoms with Crippen molar-refractivity contribution in [2.24, 2.45) is 0 Å². The summed E-state index contributed by atoms with van der Waals surface area (Å²) in [5.74, 6) is -1.17. The zero-order valence-electron chi connectivity index (χ0n) is 20.3. The third-order valence-corrected chi connectivity index (χ3v) is 5.24. The van der Waals surface area contributed by atoms with Gasteiger partial charge in [-0.1, -0.05) is 60.7 Å². The normalized spacial score (nSPS) is 10.3. The molecule has 4 aromatic rings. The molecular weight excluding hydrogens is 486 g/mol. The summed E-state index contributed by atoms with van der Waals surface area (Å²) in [6.45, 7) is 0.640. The van der Waals surface area contributed by atoms with E-state index < -0.39 is 24.2 Å². The van der Waals surface area contributed by atoms with Crippen molar-refractivity contribution in [1.29, 1.82) is 0 Å². The number of aromatic nitrogens is 1. The van der Waals surface area contributed by atoms with E-state index in [-0.39, 0.29) is 5.82 Å². The Morgan fingerprint density at radius 1 is 0.737 bits per heavy atom. The highest BCUT2D eigenvalue weighted by atomic mass is 16.5. The van der Waals surface area contributed by atoms with Crippen molar-refractivity contribution in [1.82, 2.24) is 4.98 Å². The molecule has 0 bridgehead atoms. The van der Waals surface area contributed by atoms with E-state index in [4.69, 9.17) is 14.6 Å². The number of nitrogens with one attached hydrogen (secondary N) is 2. The average Bonchev–Trinajstić information content (AvgIpc) is 2.92. The topological polar surface area (TPSA) is 127 Å². The molecule has 3 N–H and O–H groups in total. The van der Waals surface area contributed by atoms with Crippen LogP contribution < -0.4 is 20.1 Å². The Labute approximate surface area is 219 Å². The summed E-state index contributed by atoms with van der Waals surface area (Å²) in [7, 11) is 0. The van der Waals surface area contributed by atoms with E-state index in [0.717, 1.165) is 11.1 Å². The molecule has 0 saturated heterocycles. The van der Waals surface area contributed by atoms with Crippen LogP contribution in [0.3, 0.4) is 0 Å². The van der Waals surface area contributed by atoms with Gasteiger partial charge < -0.3 is 25.2 Å². The molecule has 0 radical (unpaired) electrons. The fourth-order valence-corrected chi connectivity index (χ4v) is 3.42. The van der Waals surface area contributed by atoms with Gasteiger partial charge in [-0.2, -0.15) is 0 Å². The van der Waals surface area contributed by atoms with Gasteiger partial charge in [-0.25, -0.2) is 4.98 Å². The van der Waals surface area contributed by atoms with Gasteiger partial charge >= 0.3 is 5.97 Å². The molecule has 0 aliphatic heterocycles. The van der Waals surface area contributed by atoms with Gasteiger partial charge in [-0.05, 0) is 35.4 Å². The number of benzene rings is 3. The van der Waals surface area contributed by atoms with Crippen LogP contribution in [0.1, 0.15) is 27.9 Å². The first-order chi connectivity index (χ1) is 18.4. The second kappa shape index (κ2) is 12.7. The van der Waals surface area contributed by atoms with E-state index in [2.05, 4.69) is 15.6 Å². The number of amides is 2. The molecule has 2 amide bonds. The third-order valence-electron chi connectivity index (χ3n) is 5.24. The van der Waals surface area contributed by atoms with Gasteiger partial charge in [0.05, 0.1) is 11.9 Å². The van der Waals surface area contributed by atoms with E-state index in [1.165, 1.54) is 18.3 Å². The maximum Gasteiger partial charge on any atom is 0.312 e. The van der Waals surface area contributed by atoms with Gasteiger partial charge in [-0.15, -0.1) is 0 Å². The molecule has 3 aromatic carbocycles. The Kier molecular flexibility index (Phi) is 8.64. The maximum atomic E-state index is 13.1. The highest BCUT2D eigenvalue weighted by Gasteiger charge is 2.13. The highest BCUT2D eigenvalue weighted by molar-refractivity contribution is 6.04. The number of carboxylic acid groups (broad SMARTS) is 1. The van der Waals surface area contributed by atoms with Crippen LogP contribution in [0.15, 0.2) is 97.2 Å². The van der Waals surface area contributed by atoms with Crippen LogP contribution in [-0.2, 0) is 22.8 Å². The van der Waals surface area contributed by atoms with E-state index in [1.54, 1.807) is 18.2 Å². The first kappa shape index (κ1) is 25.9. The number of hydrogen-bond acceptors (Lipinski definition) is 6. The monoisotopic (exact) mass is 511 g/mol. The minimum absolute atomic E-state index is 0.244. The molecule has 0 unspecified atom stereocenters. The van der Waals surface area contributed by atoms with Crippen LogP contribution >= 0.6 is 0 Å². The van der Waals surface area contributed by atoms with Crippen LogP contribution in [0.5, 0.6) is 11.5 Å². The smallest absolute Gasteiger partial charge is 0.312 e. The van der Waals surface area contributed by atoms with Crippen LogP contribution in [-0.4, -0.2) is 27.9 Å². The summed E-state index contributed by atoms with van der Waals surface area (Å²) in [6, 6.07) is 27.3. The SMILES string of the molecule is O=C(O)CC(=O)Nc1ccc(NC(=O)c2cc(OCc3ccccc3)cc(OCc3ccccc3)c2)nc1. The molecule has 38 heavy (non-hydrogen) atoms. The quantitative estimate of drug-likeness (QED) is 0.244. The van der Waals surface area contributed by atoms with Crippen molar-refractivity contribution < 1.29 is 29.0 Å². The number of aliphatic carboxylic acids is 1. The summed E-state index contributed by atoms with van der Waals surface area (Å²) >= 11 is 0. The van der Waals surface area contributed by atoms with Crippen LogP contribution in [0.4, 0.5) is 11.5 Å². The highest BCUT2D eigenvalue weighted by Crippen LogP contribution is 2.25. The second-order valence-electron chi connectivity index (χ2n) is 8.25. The van der Waals surface area contributed by atoms with Crippen molar-refractivity contribution in [2.75, 3.05) is 10.6 Å².